The Morgan fingerprint density at radius 1 is 1.33 bits per heavy atom. The van der Waals surface area contributed by atoms with E-state index in [4.69, 9.17) is 0 Å². The molecule has 0 amide bonds. The highest BCUT2D eigenvalue weighted by Gasteiger charge is 2.18. The van der Waals surface area contributed by atoms with Gasteiger partial charge in [-0.15, -0.1) is 24.0 Å². The maximum Gasteiger partial charge on any atom is 0.293 e. The number of halogens is 1. The number of guanidine groups is 1. The van der Waals surface area contributed by atoms with Gasteiger partial charge >= 0.3 is 0 Å². The van der Waals surface area contributed by atoms with Gasteiger partial charge in [0.25, 0.3) is 5.69 Å². The van der Waals surface area contributed by atoms with Crippen molar-refractivity contribution in [3.63, 3.8) is 0 Å². The quantitative estimate of drug-likeness (QED) is 0.130. The minimum absolute atomic E-state index is 0. The molecule has 0 saturated heterocycles. The first-order valence-corrected chi connectivity index (χ1v) is 10.2. The molecule has 0 heterocycles. The summed E-state index contributed by atoms with van der Waals surface area (Å²) in [5, 5.41) is 17.3. The number of aliphatic imine (C=N–C) groups is 1. The summed E-state index contributed by atoms with van der Waals surface area (Å²) >= 11 is 0. The lowest BCUT2D eigenvalue weighted by Crippen LogP contribution is -2.41. The summed E-state index contributed by atoms with van der Waals surface area (Å²) in [6.45, 7) is 3.94. The van der Waals surface area contributed by atoms with Gasteiger partial charge in [-0.25, -0.2) is 8.42 Å². The Kier molecular flexibility index (Phi) is 11.2. The first kappa shape index (κ1) is 25.4. The van der Waals surface area contributed by atoms with Crippen LogP contribution in [0.5, 0.6) is 0 Å². The van der Waals surface area contributed by atoms with Gasteiger partial charge in [0.1, 0.15) is 5.69 Å². The molecular weight excluding hydrogens is 485 g/mol. The summed E-state index contributed by atoms with van der Waals surface area (Å²) in [6, 6.07) is 3.84. The second-order valence-corrected chi connectivity index (χ2v) is 7.90. The number of benzene rings is 1. The monoisotopic (exact) mass is 513 g/mol. The minimum Gasteiger partial charge on any atom is -0.378 e. The molecule has 154 valence electrons. The van der Waals surface area contributed by atoms with Crippen LogP contribution in [0, 0.1) is 10.1 Å². The van der Waals surface area contributed by atoms with Crippen molar-refractivity contribution in [3.8, 4) is 0 Å². The van der Waals surface area contributed by atoms with Crippen LogP contribution in [0.2, 0.25) is 0 Å². The molecule has 0 bridgehead atoms. The van der Waals surface area contributed by atoms with Crippen molar-refractivity contribution in [1.82, 2.24) is 10.2 Å². The van der Waals surface area contributed by atoms with Gasteiger partial charge in [-0.05, 0) is 18.6 Å². The van der Waals surface area contributed by atoms with Gasteiger partial charge in [-0.3, -0.25) is 15.1 Å². The van der Waals surface area contributed by atoms with Crippen molar-refractivity contribution < 1.29 is 13.3 Å². The molecule has 9 nitrogen and oxygen atoms in total. The largest absolute Gasteiger partial charge is 0.378 e. The van der Waals surface area contributed by atoms with Gasteiger partial charge in [0.2, 0.25) is 0 Å². The Labute approximate surface area is 177 Å². The minimum atomic E-state index is -3.50. The van der Waals surface area contributed by atoms with Crippen LogP contribution in [0.1, 0.15) is 19.8 Å². The fourth-order valence-electron chi connectivity index (χ4n) is 2.30. The predicted molar refractivity (Wildman–Crippen MR) is 119 cm³/mol. The van der Waals surface area contributed by atoms with E-state index in [-0.39, 0.29) is 40.2 Å². The number of nitrogens with zero attached hydrogens (tertiary/aromatic N) is 3. The molecule has 2 N–H and O–H groups in total. The summed E-state index contributed by atoms with van der Waals surface area (Å²) in [7, 11) is 0.154. The molecule has 0 spiro atoms. The lowest BCUT2D eigenvalue weighted by molar-refractivity contribution is -0.384. The topological polar surface area (TPSA) is 117 Å². The van der Waals surface area contributed by atoms with E-state index in [1.54, 1.807) is 7.05 Å². The maximum atomic E-state index is 11.6. The molecule has 0 fully saturated rings. The van der Waals surface area contributed by atoms with Gasteiger partial charge in [0, 0.05) is 46.1 Å². The molecule has 0 aromatic heterocycles. The van der Waals surface area contributed by atoms with Crippen LogP contribution in [0.25, 0.3) is 0 Å². The number of sulfone groups is 1. The summed E-state index contributed by atoms with van der Waals surface area (Å²) < 4.78 is 23.1. The van der Waals surface area contributed by atoms with E-state index in [0.717, 1.165) is 37.7 Å². The molecule has 0 radical (unpaired) electrons. The van der Waals surface area contributed by atoms with Crippen LogP contribution in [0.3, 0.4) is 0 Å². The Hall–Kier alpha value is -1.63. The average molecular weight is 513 g/mol. The van der Waals surface area contributed by atoms with Crippen LogP contribution in [-0.2, 0) is 9.84 Å². The van der Waals surface area contributed by atoms with Crippen LogP contribution >= 0.6 is 24.0 Å². The van der Waals surface area contributed by atoms with Crippen molar-refractivity contribution in [2.24, 2.45) is 4.99 Å². The van der Waals surface area contributed by atoms with E-state index in [0.29, 0.717) is 13.1 Å². The number of nitrogens with one attached hydrogen (secondary N) is 2. The van der Waals surface area contributed by atoms with Gasteiger partial charge in [-0.2, -0.15) is 0 Å². The fourth-order valence-corrected chi connectivity index (χ4v) is 2.94. The molecule has 1 aromatic carbocycles. The van der Waals surface area contributed by atoms with Crippen molar-refractivity contribution in [2.75, 3.05) is 45.3 Å². The van der Waals surface area contributed by atoms with E-state index in [1.165, 1.54) is 12.1 Å². The Bertz CT molecular complexity index is 755. The lowest BCUT2D eigenvalue weighted by Gasteiger charge is -2.22. The molecular formula is C16H28IN5O4S. The Balaban J connectivity index is 0.00000676. The average Bonchev–Trinajstić information content (AvgIpc) is 2.58. The van der Waals surface area contributed by atoms with Crippen LogP contribution < -0.4 is 10.6 Å². The van der Waals surface area contributed by atoms with Crippen molar-refractivity contribution in [1.29, 1.82) is 0 Å². The molecule has 0 aliphatic rings. The third kappa shape index (κ3) is 8.28. The zero-order valence-corrected chi connectivity index (χ0v) is 19.2. The number of rotatable bonds is 9. The molecule has 1 rings (SSSR count). The summed E-state index contributed by atoms with van der Waals surface area (Å²) in [6.07, 6.45) is 3.17. The summed E-state index contributed by atoms with van der Waals surface area (Å²) in [4.78, 5) is 16.8. The highest BCUT2D eigenvalue weighted by atomic mass is 127. The number of nitro groups is 1. The standard InChI is InChI=1S/C16H27N5O4S.HI/c1-5-6-11-20(3)16(17-2)19-10-9-18-14-8-7-13(26(4,24)25)12-15(14)21(22)23;/h7-8,12,18H,5-6,9-11H2,1-4H3,(H,17,19);1H. The first-order chi connectivity index (χ1) is 12.2. The highest BCUT2D eigenvalue weighted by molar-refractivity contribution is 14.0. The molecule has 0 saturated carbocycles. The van der Waals surface area contributed by atoms with Crippen molar-refractivity contribution in [3.05, 3.63) is 28.3 Å². The first-order valence-electron chi connectivity index (χ1n) is 8.34. The number of nitro benzene ring substituents is 1. The highest BCUT2D eigenvalue weighted by Crippen LogP contribution is 2.27. The van der Waals surface area contributed by atoms with E-state index < -0.39 is 14.8 Å². The molecule has 0 aliphatic carbocycles. The zero-order chi connectivity index (χ0) is 19.7. The normalized spacial score (nSPS) is 11.5. The number of unbranched alkanes of at least 4 members (excludes halogenated alkanes) is 1. The smallest absolute Gasteiger partial charge is 0.293 e. The second-order valence-electron chi connectivity index (χ2n) is 5.88. The molecule has 27 heavy (non-hydrogen) atoms. The van der Waals surface area contributed by atoms with Crippen LogP contribution in [0.15, 0.2) is 28.1 Å². The van der Waals surface area contributed by atoms with Crippen LogP contribution in [-0.4, -0.2) is 64.2 Å². The molecule has 1 aromatic rings. The third-order valence-corrected chi connectivity index (χ3v) is 4.85. The fraction of sp³-hybridized carbons (Fsp3) is 0.562. The Morgan fingerprint density at radius 3 is 2.52 bits per heavy atom. The van der Waals surface area contributed by atoms with Crippen LogP contribution in [0.4, 0.5) is 11.4 Å². The molecule has 0 unspecified atom stereocenters. The number of anilines is 1. The lowest BCUT2D eigenvalue weighted by atomic mass is 10.2. The molecule has 0 aliphatic heterocycles. The van der Waals surface area contributed by atoms with E-state index in [1.807, 2.05) is 11.9 Å². The van der Waals surface area contributed by atoms with E-state index in [2.05, 4.69) is 22.5 Å². The van der Waals surface area contributed by atoms with Gasteiger partial charge in [0.05, 0.1) is 9.82 Å². The van der Waals surface area contributed by atoms with Gasteiger partial charge < -0.3 is 15.5 Å². The summed E-state index contributed by atoms with van der Waals surface area (Å²) in [5.74, 6) is 0.752. The SMILES string of the molecule is CCCCN(C)C(=NC)NCCNc1ccc(S(C)(=O)=O)cc1[N+](=O)[O-].I. The Morgan fingerprint density at radius 2 is 2.00 bits per heavy atom. The van der Waals surface area contributed by atoms with Crippen molar-refractivity contribution >= 4 is 51.1 Å². The molecule has 0 atom stereocenters. The van der Waals surface area contributed by atoms with E-state index in [9.17, 15) is 18.5 Å². The van der Waals surface area contributed by atoms with Crippen molar-refractivity contribution in [2.45, 2.75) is 24.7 Å². The molecule has 11 heteroatoms. The zero-order valence-electron chi connectivity index (χ0n) is 16.1. The predicted octanol–water partition coefficient (Wildman–Crippen LogP) is 2.34. The van der Waals surface area contributed by atoms with E-state index >= 15 is 0 Å². The number of hydrogen-bond acceptors (Lipinski definition) is 6. The van der Waals surface area contributed by atoms with Gasteiger partial charge in [0.15, 0.2) is 15.8 Å². The van der Waals surface area contributed by atoms with Gasteiger partial charge in [-0.1, -0.05) is 13.3 Å². The third-order valence-electron chi connectivity index (χ3n) is 3.74. The maximum absolute atomic E-state index is 11.6. The summed E-state index contributed by atoms with van der Waals surface area (Å²) in [5.41, 5.74) is 0.0101. The number of hydrogen-bond donors (Lipinski definition) is 2. The second kappa shape index (κ2) is 12.0.